The molecule has 1 aromatic carbocycles. The molecule has 0 radical (unpaired) electrons. The van der Waals surface area contributed by atoms with Gasteiger partial charge >= 0.3 is 0 Å². The Morgan fingerprint density at radius 2 is 2.31 bits per heavy atom. The molecule has 0 aliphatic heterocycles. The summed E-state index contributed by atoms with van der Waals surface area (Å²) >= 11 is 0. The van der Waals surface area contributed by atoms with Crippen molar-refractivity contribution >= 4 is 16.0 Å². The predicted molar refractivity (Wildman–Crippen MR) is 85.2 cm³/mol. The number of rotatable bonds is 7. The van der Waals surface area contributed by atoms with Crippen molar-refractivity contribution in [2.24, 2.45) is 10.3 Å². The molecule has 0 saturated carbocycles. The Labute approximate surface area is 147 Å². The minimum Gasteiger partial charge on any atom is -0.472 e. The summed E-state index contributed by atoms with van der Waals surface area (Å²) in [5.74, 6) is -0.562. The van der Waals surface area contributed by atoms with E-state index >= 15 is 0 Å². The SMILES string of the molecule is NS(=O)(=O)NCCOc1nonc1/C(=N/O)N[C@H]1Cc2ccc(F)cc21. The normalized spacial score (nSPS) is 16.7. The van der Waals surface area contributed by atoms with Gasteiger partial charge in [-0.2, -0.15) is 13.1 Å². The highest BCUT2D eigenvalue weighted by Gasteiger charge is 2.30. The fraction of sp³-hybridized carbons (Fsp3) is 0.308. The maximum Gasteiger partial charge on any atom is 0.287 e. The minimum absolute atomic E-state index is 0.0204. The molecule has 2 aromatic rings. The Hall–Kier alpha value is -2.77. The molecule has 0 spiro atoms. The summed E-state index contributed by atoms with van der Waals surface area (Å²) in [5, 5.41) is 27.2. The molecule has 1 aliphatic rings. The van der Waals surface area contributed by atoms with Gasteiger partial charge in [-0.1, -0.05) is 11.2 Å². The molecule has 1 aromatic heterocycles. The summed E-state index contributed by atoms with van der Waals surface area (Å²) in [7, 11) is -3.84. The number of oxime groups is 1. The van der Waals surface area contributed by atoms with Crippen LogP contribution in [0.1, 0.15) is 22.9 Å². The predicted octanol–water partition coefficient (Wildman–Crippen LogP) is -0.597. The summed E-state index contributed by atoms with van der Waals surface area (Å²) in [5.41, 5.74) is 1.69. The number of benzene rings is 1. The van der Waals surface area contributed by atoms with Crippen molar-refractivity contribution in [3.63, 3.8) is 0 Å². The third kappa shape index (κ3) is 4.07. The number of nitrogens with zero attached hydrogens (tertiary/aromatic N) is 3. The summed E-state index contributed by atoms with van der Waals surface area (Å²) < 4.78 is 46.7. The van der Waals surface area contributed by atoms with Crippen LogP contribution in [0.15, 0.2) is 28.0 Å². The van der Waals surface area contributed by atoms with Crippen molar-refractivity contribution in [3.8, 4) is 5.88 Å². The van der Waals surface area contributed by atoms with Crippen molar-refractivity contribution in [2.75, 3.05) is 13.2 Å². The number of nitrogens with one attached hydrogen (secondary N) is 2. The molecule has 140 valence electrons. The summed E-state index contributed by atoms with van der Waals surface area (Å²) in [6, 6.07) is 4.17. The van der Waals surface area contributed by atoms with Gasteiger partial charge in [-0.3, -0.25) is 0 Å². The third-order valence-corrected chi connectivity index (χ3v) is 4.25. The fourth-order valence-electron chi connectivity index (χ4n) is 2.46. The Balaban J connectivity index is 1.64. The van der Waals surface area contributed by atoms with Gasteiger partial charge < -0.3 is 15.3 Å². The van der Waals surface area contributed by atoms with Gasteiger partial charge in [0.2, 0.25) is 11.5 Å². The van der Waals surface area contributed by atoms with Crippen LogP contribution in [0.4, 0.5) is 4.39 Å². The van der Waals surface area contributed by atoms with Crippen LogP contribution in [0, 0.1) is 5.82 Å². The Kier molecular flexibility index (Phi) is 5.01. The van der Waals surface area contributed by atoms with Crippen molar-refractivity contribution in [1.82, 2.24) is 20.4 Å². The van der Waals surface area contributed by atoms with E-state index in [1.54, 1.807) is 6.07 Å². The Morgan fingerprint density at radius 1 is 1.50 bits per heavy atom. The van der Waals surface area contributed by atoms with Crippen LogP contribution in [0.3, 0.4) is 0 Å². The van der Waals surface area contributed by atoms with Gasteiger partial charge in [0.05, 0.1) is 6.04 Å². The summed E-state index contributed by atoms with van der Waals surface area (Å²) in [6.07, 6.45) is 0.606. The molecule has 5 N–H and O–H groups in total. The molecular formula is C13H15FN6O5S. The number of amidine groups is 1. The highest BCUT2D eigenvalue weighted by molar-refractivity contribution is 7.87. The smallest absolute Gasteiger partial charge is 0.287 e. The molecule has 0 saturated heterocycles. The van der Waals surface area contributed by atoms with E-state index in [4.69, 9.17) is 9.88 Å². The summed E-state index contributed by atoms with van der Waals surface area (Å²) in [6.45, 7) is -0.229. The van der Waals surface area contributed by atoms with E-state index in [9.17, 15) is 18.0 Å². The van der Waals surface area contributed by atoms with Crippen LogP contribution >= 0.6 is 0 Å². The lowest BCUT2D eigenvalue weighted by Crippen LogP contribution is -2.37. The topological polar surface area (TPSA) is 165 Å². The van der Waals surface area contributed by atoms with Crippen molar-refractivity contribution < 1.29 is 27.4 Å². The van der Waals surface area contributed by atoms with Gasteiger partial charge in [0.25, 0.3) is 16.1 Å². The Bertz CT molecular complexity index is 931. The highest BCUT2D eigenvalue weighted by Crippen LogP contribution is 2.33. The largest absolute Gasteiger partial charge is 0.472 e. The second-order valence-electron chi connectivity index (χ2n) is 5.40. The zero-order valence-electron chi connectivity index (χ0n) is 13.2. The van der Waals surface area contributed by atoms with Gasteiger partial charge in [-0.25, -0.2) is 14.2 Å². The molecule has 1 atom stereocenters. The molecule has 1 heterocycles. The number of nitrogens with two attached hydrogens (primary N) is 1. The van der Waals surface area contributed by atoms with Gasteiger partial charge in [-0.05, 0) is 40.0 Å². The van der Waals surface area contributed by atoms with Crippen LogP contribution in [-0.4, -0.2) is 42.9 Å². The van der Waals surface area contributed by atoms with Crippen LogP contribution in [0.2, 0.25) is 0 Å². The number of hydrogen-bond acceptors (Lipinski definition) is 8. The van der Waals surface area contributed by atoms with Gasteiger partial charge in [0.15, 0.2) is 0 Å². The molecule has 0 fully saturated rings. The first-order valence-corrected chi connectivity index (χ1v) is 8.92. The molecule has 0 bridgehead atoms. The van der Waals surface area contributed by atoms with Crippen LogP contribution in [0.5, 0.6) is 5.88 Å². The van der Waals surface area contributed by atoms with Gasteiger partial charge in [-0.15, -0.1) is 0 Å². The average Bonchev–Trinajstić information content (AvgIpc) is 3.02. The quantitative estimate of drug-likeness (QED) is 0.161. The molecule has 26 heavy (non-hydrogen) atoms. The fourth-order valence-corrected chi connectivity index (χ4v) is 2.83. The summed E-state index contributed by atoms with van der Waals surface area (Å²) in [4.78, 5) is 0. The molecule has 0 amide bonds. The maximum absolute atomic E-state index is 13.3. The van der Waals surface area contributed by atoms with E-state index in [1.165, 1.54) is 12.1 Å². The van der Waals surface area contributed by atoms with Gasteiger partial charge in [0.1, 0.15) is 12.4 Å². The van der Waals surface area contributed by atoms with Crippen LogP contribution in [0.25, 0.3) is 0 Å². The highest BCUT2D eigenvalue weighted by atomic mass is 32.2. The zero-order valence-corrected chi connectivity index (χ0v) is 14.0. The monoisotopic (exact) mass is 386 g/mol. The van der Waals surface area contributed by atoms with Crippen molar-refractivity contribution in [2.45, 2.75) is 12.5 Å². The number of halogens is 1. The van der Waals surface area contributed by atoms with E-state index < -0.39 is 10.2 Å². The molecule has 0 unspecified atom stereocenters. The Morgan fingerprint density at radius 3 is 3.04 bits per heavy atom. The minimum atomic E-state index is -3.84. The number of fused-ring (bicyclic) bond motifs is 1. The lowest BCUT2D eigenvalue weighted by Gasteiger charge is -2.31. The number of hydrogen-bond donors (Lipinski definition) is 4. The first kappa shape index (κ1) is 18.0. The number of ether oxygens (including phenoxy) is 1. The maximum atomic E-state index is 13.3. The second kappa shape index (κ2) is 7.23. The zero-order chi connectivity index (χ0) is 18.7. The molecular weight excluding hydrogens is 371 g/mol. The molecule has 11 nitrogen and oxygen atoms in total. The van der Waals surface area contributed by atoms with E-state index in [1.807, 2.05) is 4.72 Å². The van der Waals surface area contributed by atoms with E-state index in [0.717, 1.165) is 11.1 Å². The second-order valence-corrected chi connectivity index (χ2v) is 6.78. The van der Waals surface area contributed by atoms with Crippen LogP contribution < -0.4 is 19.9 Å². The number of aromatic nitrogens is 2. The van der Waals surface area contributed by atoms with Crippen LogP contribution in [-0.2, 0) is 16.6 Å². The first-order chi connectivity index (χ1) is 12.4. The van der Waals surface area contributed by atoms with Crippen molar-refractivity contribution in [1.29, 1.82) is 0 Å². The lowest BCUT2D eigenvalue weighted by molar-refractivity contribution is 0.258. The first-order valence-electron chi connectivity index (χ1n) is 7.37. The lowest BCUT2D eigenvalue weighted by atomic mass is 9.83. The third-order valence-electron chi connectivity index (χ3n) is 3.65. The average molecular weight is 386 g/mol. The molecule has 3 rings (SSSR count). The van der Waals surface area contributed by atoms with Crippen molar-refractivity contribution in [3.05, 3.63) is 40.8 Å². The molecule has 13 heteroatoms. The van der Waals surface area contributed by atoms with E-state index in [0.29, 0.717) is 6.42 Å². The molecule has 1 aliphatic carbocycles. The van der Waals surface area contributed by atoms with Gasteiger partial charge in [0, 0.05) is 6.54 Å². The standard InChI is InChI=1S/C13H15FN6O5S/c14-8-2-1-7-5-10(9(7)6-8)17-12(18-21)11-13(20-25-19-11)24-4-3-16-26(15,22)23/h1-2,6,10,16,21H,3-5H2,(H,17,18)(H2,15,22,23)/t10-/m0/s1. The van der Waals surface area contributed by atoms with E-state index in [2.05, 4.69) is 25.4 Å². The van der Waals surface area contributed by atoms with E-state index in [-0.39, 0.29) is 42.4 Å².